The minimum Gasteiger partial charge on any atom is -0.493 e. The van der Waals surface area contributed by atoms with Crippen LogP contribution in [0.4, 0.5) is 5.69 Å². The summed E-state index contributed by atoms with van der Waals surface area (Å²) in [5.74, 6) is 2.74. The summed E-state index contributed by atoms with van der Waals surface area (Å²) in [6, 6.07) is 10.5. The van der Waals surface area contributed by atoms with E-state index in [1.807, 2.05) is 24.5 Å². The van der Waals surface area contributed by atoms with Crippen LogP contribution >= 0.6 is 0 Å². The topological polar surface area (TPSA) is 56.3 Å². The molecule has 0 bridgehead atoms. The van der Waals surface area contributed by atoms with Gasteiger partial charge in [-0.05, 0) is 42.4 Å². The molecule has 0 saturated carbocycles. The van der Waals surface area contributed by atoms with E-state index in [4.69, 9.17) is 18.9 Å². The highest BCUT2D eigenvalue weighted by Crippen LogP contribution is 2.45. The number of ether oxygens (including phenoxy) is 4. The Morgan fingerprint density at radius 3 is 2.21 bits per heavy atom. The third-order valence-corrected chi connectivity index (χ3v) is 6.77. The number of pyridine rings is 1. The molecule has 178 valence electrons. The molecule has 7 nitrogen and oxygen atoms in total. The fourth-order valence-electron chi connectivity index (χ4n) is 4.85. The van der Waals surface area contributed by atoms with Gasteiger partial charge in [0.05, 0.1) is 27.9 Å². The summed E-state index contributed by atoms with van der Waals surface area (Å²) in [4.78, 5) is 9.40. The van der Waals surface area contributed by atoms with E-state index in [1.165, 1.54) is 11.3 Å². The number of piperazine rings is 1. The fourth-order valence-corrected chi connectivity index (χ4v) is 4.85. The molecule has 3 heterocycles. The molecule has 0 amide bonds. The van der Waals surface area contributed by atoms with Crippen LogP contribution in [0.25, 0.3) is 22.3 Å². The molecule has 5 rings (SSSR count). The molecule has 1 fully saturated rings. The van der Waals surface area contributed by atoms with Crippen molar-refractivity contribution in [1.82, 2.24) is 9.88 Å². The highest BCUT2D eigenvalue weighted by molar-refractivity contribution is 5.83. The van der Waals surface area contributed by atoms with Gasteiger partial charge in [-0.15, -0.1) is 0 Å². The van der Waals surface area contributed by atoms with Crippen molar-refractivity contribution in [3.05, 3.63) is 48.3 Å². The maximum absolute atomic E-state index is 6.27. The molecule has 1 saturated heterocycles. The smallest absolute Gasteiger partial charge is 0.203 e. The number of fused-ring (bicyclic) bond motifs is 3. The predicted molar refractivity (Wildman–Crippen MR) is 134 cm³/mol. The highest BCUT2D eigenvalue weighted by Gasteiger charge is 2.23. The summed E-state index contributed by atoms with van der Waals surface area (Å²) in [5, 5.41) is 0. The molecule has 0 aliphatic carbocycles. The Balaban J connectivity index is 1.57. The lowest BCUT2D eigenvalue weighted by atomic mass is 9.92. The number of hydrogen-bond donors (Lipinski definition) is 0. The van der Waals surface area contributed by atoms with Crippen LogP contribution in [0.15, 0.2) is 42.7 Å². The fraction of sp³-hybridized carbons (Fsp3) is 0.370. The first-order valence-electron chi connectivity index (χ1n) is 11.6. The summed E-state index contributed by atoms with van der Waals surface area (Å²) < 4.78 is 22.9. The molecule has 2 aromatic carbocycles. The molecular weight excluding hydrogens is 430 g/mol. The van der Waals surface area contributed by atoms with Crippen LogP contribution in [-0.2, 0) is 6.42 Å². The Morgan fingerprint density at radius 1 is 0.824 bits per heavy atom. The number of nitrogens with zero attached hydrogens (tertiary/aromatic N) is 3. The van der Waals surface area contributed by atoms with E-state index < -0.39 is 0 Å². The molecule has 34 heavy (non-hydrogen) atoms. The molecule has 0 unspecified atom stereocenters. The first kappa shape index (κ1) is 22.3. The number of likely N-dealkylation sites (N-methyl/N-ethyl adjacent to an activating group) is 1. The third-order valence-electron chi connectivity index (χ3n) is 6.77. The molecule has 7 heteroatoms. The van der Waals surface area contributed by atoms with Crippen molar-refractivity contribution in [2.45, 2.75) is 6.42 Å². The second kappa shape index (κ2) is 9.43. The first-order valence-corrected chi connectivity index (χ1v) is 11.6. The molecule has 2 aliphatic heterocycles. The van der Waals surface area contributed by atoms with Crippen molar-refractivity contribution in [1.29, 1.82) is 0 Å². The second-order valence-electron chi connectivity index (χ2n) is 8.70. The van der Waals surface area contributed by atoms with Gasteiger partial charge in [0.25, 0.3) is 0 Å². The van der Waals surface area contributed by atoms with Crippen LogP contribution < -0.4 is 23.8 Å². The molecular formula is C27H31N3O4. The Morgan fingerprint density at radius 2 is 1.53 bits per heavy atom. The SMILES string of the molecule is COc1cc(-c2cncc3c2CCOc2cc(N4CCN(C)CC4)ccc2-3)cc(OC)c1OC. The molecule has 0 atom stereocenters. The van der Waals surface area contributed by atoms with Gasteiger partial charge in [-0.2, -0.15) is 0 Å². The zero-order chi connectivity index (χ0) is 23.7. The first-order chi connectivity index (χ1) is 16.6. The van der Waals surface area contributed by atoms with E-state index in [9.17, 15) is 0 Å². The van der Waals surface area contributed by atoms with Gasteiger partial charge in [-0.3, -0.25) is 4.98 Å². The highest BCUT2D eigenvalue weighted by atomic mass is 16.5. The van der Waals surface area contributed by atoms with Crippen LogP contribution in [0.5, 0.6) is 23.0 Å². The van der Waals surface area contributed by atoms with E-state index in [-0.39, 0.29) is 0 Å². The van der Waals surface area contributed by atoms with E-state index >= 15 is 0 Å². The third kappa shape index (κ3) is 4.01. The molecule has 0 radical (unpaired) electrons. The van der Waals surface area contributed by atoms with Crippen LogP contribution in [0.3, 0.4) is 0 Å². The van der Waals surface area contributed by atoms with E-state index in [0.717, 1.165) is 60.6 Å². The minimum absolute atomic E-state index is 0.578. The van der Waals surface area contributed by atoms with Gasteiger partial charge in [0.2, 0.25) is 5.75 Å². The number of aromatic nitrogens is 1. The van der Waals surface area contributed by atoms with E-state index in [1.54, 1.807) is 21.3 Å². The van der Waals surface area contributed by atoms with Crippen LogP contribution in [0.1, 0.15) is 5.56 Å². The Kier molecular flexibility index (Phi) is 6.20. The Hall–Kier alpha value is -3.45. The van der Waals surface area contributed by atoms with Crippen molar-refractivity contribution < 1.29 is 18.9 Å². The van der Waals surface area contributed by atoms with Gasteiger partial charge >= 0.3 is 0 Å². The summed E-state index contributed by atoms with van der Waals surface area (Å²) in [5.41, 5.74) is 6.60. The zero-order valence-electron chi connectivity index (χ0n) is 20.3. The summed E-state index contributed by atoms with van der Waals surface area (Å²) in [6.07, 6.45) is 4.63. The number of anilines is 1. The average Bonchev–Trinajstić information content (AvgIpc) is 3.07. The van der Waals surface area contributed by atoms with Crippen LogP contribution in [0.2, 0.25) is 0 Å². The molecule has 2 aliphatic rings. The van der Waals surface area contributed by atoms with Gasteiger partial charge in [0, 0.05) is 73.4 Å². The quantitative estimate of drug-likeness (QED) is 0.566. The maximum atomic E-state index is 6.27. The number of benzene rings is 2. The van der Waals surface area contributed by atoms with Crippen LogP contribution in [0, 0.1) is 0 Å². The van der Waals surface area contributed by atoms with Crippen molar-refractivity contribution in [3.63, 3.8) is 0 Å². The van der Waals surface area contributed by atoms with Crippen molar-refractivity contribution in [2.24, 2.45) is 0 Å². The molecule has 1 aromatic heterocycles. The largest absolute Gasteiger partial charge is 0.493 e. The lowest BCUT2D eigenvalue weighted by Gasteiger charge is -2.34. The van der Waals surface area contributed by atoms with Gasteiger partial charge in [-0.1, -0.05) is 0 Å². The van der Waals surface area contributed by atoms with Crippen LogP contribution in [-0.4, -0.2) is 71.0 Å². The summed E-state index contributed by atoms with van der Waals surface area (Å²) in [6.45, 7) is 4.80. The van der Waals surface area contributed by atoms with Gasteiger partial charge < -0.3 is 28.7 Å². The number of methoxy groups -OCH3 is 3. The van der Waals surface area contributed by atoms with Gasteiger partial charge in [-0.25, -0.2) is 0 Å². The average molecular weight is 462 g/mol. The lowest BCUT2D eigenvalue weighted by molar-refractivity contribution is 0.311. The second-order valence-corrected chi connectivity index (χ2v) is 8.70. The minimum atomic E-state index is 0.578. The summed E-state index contributed by atoms with van der Waals surface area (Å²) in [7, 11) is 7.05. The Bertz CT molecular complexity index is 1160. The van der Waals surface area contributed by atoms with Crippen molar-refractivity contribution >= 4 is 5.69 Å². The standard InChI is InChI=1S/C27H31N3O4/c1-29-8-10-30(11-9-29)19-5-6-21-23-17-28-16-22(20(23)7-12-34-24(21)15-19)18-13-25(31-2)27(33-4)26(14-18)32-3/h5-6,13-17H,7-12H2,1-4H3. The molecule has 3 aromatic rings. The normalized spacial score (nSPS) is 15.6. The van der Waals surface area contributed by atoms with Gasteiger partial charge in [0.1, 0.15) is 5.75 Å². The Labute approximate surface area is 200 Å². The number of rotatable bonds is 5. The molecule has 0 spiro atoms. The lowest BCUT2D eigenvalue weighted by Crippen LogP contribution is -2.44. The van der Waals surface area contributed by atoms with E-state index in [2.05, 4.69) is 40.0 Å². The van der Waals surface area contributed by atoms with Gasteiger partial charge in [0.15, 0.2) is 11.5 Å². The predicted octanol–water partition coefficient (Wildman–Crippen LogP) is 4.13. The summed E-state index contributed by atoms with van der Waals surface area (Å²) >= 11 is 0. The molecule has 0 N–H and O–H groups in total. The van der Waals surface area contributed by atoms with Crippen molar-refractivity contribution in [2.75, 3.05) is 66.1 Å². The maximum Gasteiger partial charge on any atom is 0.203 e. The van der Waals surface area contributed by atoms with E-state index in [0.29, 0.717) is 23.9 Å². The monoisotopic (exact) mass is 461 g/mol. The number of hydrogen-bond acceptors (Lipinski definition) is 7. The van der Waals surface area contributed by atoms with Crippen molar-refractivity contribution in [3.8, 4) is 45.3 Å². The zero-order valence-corrected chi connectivity index (χ0v) is 20.3.